The summed E-state index contributed by atoms with van der Waals surface area (Å²) in [7, 11) is 2.04. The number of nitrogens with zero attached hydrogens (tertiary/aromatic N) is 3. The fraction of sp³-hybridized carbons (Fsp3) is 0.667. The van der Waals surface area contributed by atoms with Crippen molar-refractivity contribution in [3.8, 4) is 0 Å². The lowest BCUT2D eigenvalue weighted by Gasteiger charge is -2.22. The van der Waals surface area contributed by atoms with Crippen molar-refractivity contribution in [2.45, 2.75) is 40.0 Å². The molecule has 5 nitrogen and oxygen atoms in total. The number of hydrogen-bond acceptors (Lipinski definition) is 5. The molecule has 5 heteroatoms. The normalized spacial score (nSPS) is 10.8. The fourth-order valence-corrected chi connectivity index (χ4v) is 1.73. The zero-order valence-corrected chi connectivity index (χ0v) is 11.4. The molecule has 0 spiro atoms. The van der Waals surface area contributed by atoms with Crippen LogP contribution in [0.2, 0.25) is 0 Å². The van der Waals surface area contributed by atoms with Crippen LogP contribution in [0.3, 0.4) is 0 Å². The van der Waals surface area contributed by atoms with Crippen LogP contribution >= 0.6 is 0 Å². The van der Waals surface area contributed by atoms with Crippen LogP contribution < -0.4 is 16.2 Å². The third-order valence-electron chi connectivity index (χ3n) is 2.71. The lowest BCUT2D eigenvalue weighted by Crippen LogP contribution is -2.23. The smallest absolute Gasteiger partial charge is 0.148 e. The molecule has 0 aliphatic carbocycles. The van der Waals surface area contributed by atoms with E-state index in [1.54, 1.807) is 0 Å². The van der Waals surface area contributed by atoms with E-state index in [0.29, 0.717) is 5.82 Å². The van der Waals surface area contributed by atoms with E-state index in [0.717, 1.165) is 30.2 Å². The number of rotatable bonds is 5. The van der Waals surface area contributed by atoms with E-state index in [-0.39, 0.29) is 5.92 Å². The Morgan fingerprint density at radius 3 is 2.47 bits per heavy atom. The standard InChI is InChI=1S/C12H23N5/c1-6-7-17(5)12-9(4)11(16-13)14-10(15-12)8(2)3/h8H,6-7,13H2,1-5H3,(H,14,15,16). The number of hydrazine groups is 1. The van der Waals surface area contributed by atoms with E-state index in [1.165, 1.54) is 0 Å². The maximum absolute atomic E-state index is 5.50. The van der Waals surface area contributed by atoms with Gasteiger partial charge in [-0.2, -0.15) is 0 Å². The number of nitrogens with two attached hydrogens (primary N) is 1. The Balaban J connectivity index is 3.22. The van der Waals surface area contributed by atoms with Crippen molar-refractivity contribution < 1.29 is 0 Å². The molecule has 0 radical (unpaired) electrons. The first-order valence-electron chi connectivity index (χ1n) is 6.07. The van der Waals surface area contributed by atoms with Crippen LogP contribution in [0.4, 0.5) is 11.6 Å². The van der Waals surface area contributed by atoms with Crippen LogP contribution in [-0.4, -0.2) is 23.6 Å². The first-order valence-corrected chi connectivity index (χ1v) is 6.07. The predicted molar refractivity (Wildman–Crippen MR) is 72.2 cm³/mol. The molecule has 1 heterocycles. The molecule has 96 valence electrons. The van der Waals surface area contributed by atoms with Crippen molar-refractivity contribution in [3.63, 3.8) is 0 Å². The van der Waals surface area contributed by atoms with Gasteiger partial charge in [0.2, 0.25) is 0 Å². The van der Waals surface area contributed by atoms with E-state index in [1.807, 2.05) is 14.0 Å². The highest BCUT2D eigenvalue weighted by atomic mass is 15.3. The molecule has 0 saturated heterocycles. The summed E-state index contributed by atoms with van der Waals surface area (Å²) >= 11 is 0. The molecular formula is C12H23N5. The van der Waals surface area contributed by atoms with Gasteiger partial charge in [-0.15, -0.1) is 0 Å². The van der Waals surface area contributed by atoms with Crippen molar-refractivity contribution in [1.82, 2.24) is 9.97 Å². The lowest BCUT2D eigenvalue weighted by molar-refractivity contribution is 0.754. The molecule has 0 amide bonds. The van der Waals surface area contributed by atoms with Gasteiger partial charge in [0.15, 0.2) is 0 Å². The average Bonchev–Trinajstić information content (AvgIpc) is 2.29. The summed E-state index contributed by atoms with van der Waals surface area (Å²) < 4.78 is 0. The third-order valence-corrected chi connectivity index (χ3v) is 2.71. The van der Waals surface area contributed by atoms with Gasteiger partial charge in [-0.1, -0.05) is 20.8 Å². The van der Waals surface area contributed by atoms with Gasteiger partial charge in [0.05, 0.1) is 0 Å². The minimum atomic E-state index is 0.288. The van der Waals surface area contributed by atoms with Crippen molar-refractivity contribution in [2.75, 3.05) is 23.9 Å². The second-order valence-corrected chi connectivity index (χ2v) is 4.60. The molecule has 1 aromatic rings. The van der Waals surface area contributed by atoms with Gasteiger partial charge < -0.3 is 10.3 Å². The van der Waals surface area contributed by atoms with Crippen molar-refractivity contribution in [1.29, 1.82) is 0 Å². The molecule has 0 saturated carbocycles. The molecule has 0 bridgehead atoms. The second kappa shape index (κ2) is 5.82. The number of nitrogens with one attached hydrogen (secondary N) is 1. The average molecular weight is 237 g/mol. The van der Waals surface area contributed by atoms with Crippen LogP contribution in [0, 0.1) is 6.92 Å². The van der Waals surface area contributed by atoms with E-state index < -0.39 is 0 Å². The Kier molecular flexibility index (Phi) is 4.69. The first kappa shape index (κ1) is 13.7. The summed E-state index contributed by atoms with van der Waals surface area (Å²) in [6.45, 7) is 9.27. The number of nitrogen functional groups attached to an aromatic ring is 1. The zero-order chi connectivity index (χ0) is 13.0. The quantitative estimate of drug-likeness (QED) is 0.606. The predicted octanol–water partition coefficient (Wildman–Crippen LogP) is 2.04. The third kappa shape index (κ3) is 3.06. The highest BCUT2D eigenvalue weighted by molar-refractivity contribution is 5.58. The minimum absolute atomic E-state index is 0.288. The van der Waals surface area contributed by atoms with Gasteiger partial charge in [0.1, 0.15) is 17.5 Å². The van der Waals surface area contributed by atoms with Gasteiger partial charge in [-0.05, 0) is 13.3 Å². The molecule has 0 unspecified atom stereocenters. The van der Waals surface area contributed by atoms with E-state index in [2.05, 4.69) is 41.1 Å². The van der Waals surface area contributed by atoms with E-state index in [9.17, 15) is 0 Å². The topological polar surface area (TPSA) is 67.1 Å². The van der Waals surface area contributed by atoms with Crippen LogP contribution in [-0.2, 0) is 0 Å². The van der Waals surface area contributed by atoms with Crippen molar-refractivity contribution in [3.05, 3.63) is 11.4 Å². The fourth-order valence-electron chi connectivity index (χ4n) is 1.73. The molecule has 0 fully saturated rings. The Labute approximate surface area is 103 Å². The Morgan fingerprint density at radius 1 is 1.35 bits per heavy atom. The molecule has 1 rings (SSSR count). The monoisotopic (exact) mass is 237 g/mol. The van der Waals surface area contributed by atoms with E-state index >= 15 is 0 Å². The molecule has 3 N–H and O–H groups in total. The first-order chi connectivity index (χ1) is 8.01. The number of aromatic nitrogens is 2. The van der Waals surface area contributed by atoms with Crippen LogP contribution in [0.5, 0.6) is 0 Å². The lowest BCUT2D eigenvalue weighted by atomic mass is 10.2. The largest absolute Gasteiger partial charge is 0.359 e. The Morgan fingerprint density at radius 2 is 2.00 bits per heavy atom. The molecule has 0 aliphatic rings. The summed E-state index contributed by atoms with van der Waals surface area (Å²) in [5.41, 5.74) is 3.64. The Bertz CT molecular complexity index is 375. The van der Waals surface area contributed by atoms with Gasteiger partial charge in [-0.3, -0.25) is 0 Å². The second-order valence-electron chi connectivity index (χ2n) is 4.60. The number of anilines is 2. The van der Waals surface area contributed by atoms with E-state index in [4.69, 9.17) is 5.84 Å². The Hall–Kier alpha value is -1.36. The molecule has 17 heavy (non-hydrogen) atoms. The van der Waals surface area contributed by atoms with Crippen LogP contribution in [0.15, 0.2) is 0 Å². The van der Waals surface area contributed by atoms with Gasteiger partial charge in [0, 0.05) is 25.1 Å². The van der Waals surface area contributed by atoms with Crippen LogP contribution in [0.25, 0.3) is 0 Å². The highest BCUT2D eigenvalue weighted by Crippen LogP contribution is 2.24. The van der Waals surface area contributed by atoms with Crippen LogP contribution in [0.1, 0.15) is 44.5 Å². The van der Waals surface area contributed by atoms with Crippen molar-refractivity contribution >= 4 is 11.6 Å². The summed E-state index contributed by atoms with van der Waals surface area (Å²) in [6, 6.07) is 0. The van der Waals surface area contributed by atoms with Gasteiger partial charge >= 0.3 is 0 Å². The van der Waals surface area contributed by atoms with Crippen molar-refractivity contribution in [2.24, 2.45) is 5.84 Å². The minimum Gasteiger partial charge on any atom is -0.359 e. The van der Waals surface area contributed by atoms with Gasteiger partial charge in [-0.25, -0.2) is 15.8 Å². The summed E-state index contributed by atoms with van der Waals surface area (Å²) in [5.74, 6) is 8.28. The maximum atomic E-state index is 5.50. The molecule has 1 aromatic heterocycles. The molecule has 0 aliphatic heterocycles. The SMILES string of the molecule is CCCN(C)c1nc(C(C)C)nc(NN)c1C. The molecule has 0 atom stereocenters. The summed E-state index contributed by atoms with van der Waals surface area (Å²) in [6.07, 6.45) is 1.09. The summed E-state index contributed by atoms with van der Waals surface area (Å²) in [5, 5.41) is 0. The van der Waals surface area contributed by atoms with Gasteiger partial charge in [0.25, 0.3) is 0 Å². The maximum Gasteiger partial charge on any atom is 0.148 e. The molecular weight excluding hydrogens is 214 g/mol. The number of hydrogen-bond donors (Lipinski definition) is 2. The molecule has 0 aromatic carbocycles. The summed E-state index contributed by atoms with van der Waals surface area (Å²) in [4.78, 5) is 11.2. The highest BCUT2D eigenvalue weighted by Gasteiger charge is 2.14. The zero-order valence-electron chi connectivity index (χ0n) is 11.4.